The first-order valence-electron chi connectivity index (χ1n) is 6.39. The normalized spacial score (nSPS) is 14.8. The first-order valence-corrected chi connectivity index (χ1v) is 8.07. The molecule has 0 spiro atoms. The summed E-state index contributed by atoms with van der Waals surface area (Å²) in [6.07, 6.45) is 1.83. The minimum atomic E-state index is 0.0563. The lowest BCUT2D eigenvalue weighted by molar-refractivity contribution is 0.173. The average molecular weight is 355 g/mol. The van der Waals surface area contributed by atoms with E-state index >= 15 is 0 Å². The van der Waals surface area contributed by atoms with E-state index in [4.69, 9.17) is 9.47 Å². The maximum Gasteiger partial charge on any atom is 0.231 e. The zero-order valence-corrected chi connectivity index (χ0v) is 13.6. The molecule has 1 aliphatic heterocycles. The van der Waals surface area contributed by atoms with Gasteiger partial charge in [0.25, 0.3) is 0 Å². The summed E-state index contributed by atoms with van der Waals surface area (Å²) in [6.45, 7) is 4.53. The number of rotatable bonds is 4. The number of halogens is 1. The van der Waals surface area contributed by atoms with E-state index in [-0.39, 0.29) is 12.8 Å². The number of nitrogens with zero attached hydrogens (tertiary/aromatic N) is 1. The molecule has 0 saturated carbocycles. The van der Waals surface area contributed by atoms with Gasteiger partial charge in [-0.05, 0) is 47.5 Å². The standard InChI is InChI=1S/C14H15BrN2O2S/c1-8(2)17-12(14-16-3-4-20-14)9-5-10(15)13-11(6-9)18-7-19-13/h3-6,8,12,17H,7H2,1-2H3. The fraction of sp³-hybridized carbons (Fsp3) is 0.357. The molecule has 1 aromatic heterocycles. The van der Waals surface area contributed by atoms with Crippen molar-refractivity contribution in [2.24, 2.45) is 0 Å². The average Bonchev–Trinajstić information content (AvgIpc) is 3.06. The molecule has 0 amide bonds. The Bertz CT molecular complexity index is 601. The highest BCUT2D eigenvalue weighted by Gasteiger charge is 2.24. The molecule has 0 bridgehead atoms. The Morgan fingerprint density at radius 1 is 1.35 bits per heavy atom. The van der Waals surface area contributed by atoms with E-state index in [0.717, 1.165) is 26.5 Å². The van der Waals surface area contributed by atoms with Gasteiger partial charge in [-0.1, -0.05) is 0 Å². The molecule has 0 saturated heterocycles. The van der Waals surface area contributed by atoms with Crippen LogP contribution < -0.4 is 14.8 Å². The van der Waals surface area contributed by atoms with Crippen LogP contribution >= 0.6 is 27.3 Å². The van der Waals surface area contributed by atoms with Gasteiger partial charge in [-0.15, -0.1) is 11.3 Å². The number of aromatic nitrogens is 1. The van der Waals surface area contributed by atoms with E-state index in [1.54, 1.807) is 11.3 Å². The number of thiazole rings is 1. The van der Waals surface area contributed by atoms with E-state index < -0.39 is 0 Å². The Morgan fingerprint density at radius 2 is 2.20 bits per heavy atom. The van der Waals surface area contributed by atoms with Crippen molar-refractivity contribution in [3.8, 4) is 11.5 Å². The van der Waals surface area contributed by atoms with Crippen LogP contribution in [0.4, 0.5) is 0 Å². The van der Waals surface area contributed by atoms with E-state index in [2.05, 4.69) is 46.1 Å². The molecule has 1 aromatic carbocycles. The summed E-state index contributed by atoms with van der Waals surface area (Å²) >= 11 is 5.19. The van der Waals surface area contributed by atoms with Gasteiger partial charge in [0.1, 0.15) is 5.01 Å². The predicted octanol–water partition coefficient (Wildman–Crippen LogP) is 3.72. The molecule has 0 radical (unpaired) electrons. The monoisotopic (exact) mass is 354 g/mol. The summed E-state index contributed by atoms with van der Waals surface area (Å²) in [6, 6.07) is 4.50. The summed E-state index contributed by atoms with van der Waals surface area (Å²) in [5, 5.41) is 6.59. The summed E-state index contributed by atoms with van der Waals surface area (Å²) in [4.78, 5) is 4.44. The van der Waals surface area contributed by atoms with Crippen molar-refractivity contribution < 1.29 is 9.47 Å². The number of benzene rings is 1. The van der Waals surface area contributed by atoms with Crippen LogP contribution in [0.2, 0.25) is 0 Å². The minimum Gasteiger partial charge on any atom is -0.454 e. The van der Waals surface area contributed by atoms with Gasteiger partial charge in [-0.2, -0.15) is 0 Å². The van der Waals surface area contributed by atoms with Crippen molar-refractivity contribution >= 4 is 27.3 Å². The fourth-order valence-corrected chi connectivity index (χ4v) is 3.47. The van der Waals surface area contributed by atoms with Gasteiger partial charge in [0.2, 0.25) is 6.79 Å². The molecule has 106 valence electrons. The Balaban J connectivity index is 2.01. The second kappa shape index (κ2) is 5.71. The van der Waals surface area contributed by atoms with E-state index in [1.165, 1.54) is 0 Å². The second-order valence-corrected chi connectivity index (χ2v) is 6.64. The van der Waals surface area contributed by atoms with Crippen molar-refractivity contribution in [3.63, 3.8) is 0 Å². The second-order valence-electron chi connectivity index (χ2n) is 4.86. The molecule has 0 aliphatic carbocycles. The highest BCUT2D eigenvalue weighted by Crippen LogP contribution is 2.42. The number of hydrogen-bond acceptors (Lipinski definition) is 5. The Hall–Kier alpha value is -1.11. The van der Waals surface area contributed by atoms with Crippen LogP contribution in [0, 0.1) is 0 Å². The molecule has 1 N–H and O–H groups in total. The molecular weight excluding hydrogens is 340 g/mol. The minimum absolute atomic E-state index is 0.0563. The van der Waals surface area contributed by atoms with Gasteiger partial charge in [-0.3, -0.25) is 0 Å². The number of fused-ring (bicyclic) bond motifs is 1. The van der Waals surface area contributed by atoms with Crippen LogP contribution in [-0.2, 0) is 0 Å². The molecule has 20 heavy (non-hydrogen) atoms. The molecule has 2 heterocycles. The topological polar surface area (TPSA) is 43.4 Å². The van der Waals surface area contributed by atoms with Gasteiger partial charge in [0.05, 0.1) is 10.5 Å². The number of nitrogens with one attached hydrogen (secondary N) is 1. The van der Waals surface area contributed by atoms with E-state index in [1.807, 2.05) is 17.6 Å². The molecule has 1 atom stereocenters. The third-order valence-electron chi connectivity index (χ3n) is 2.98. The molecule has 0 fully saturated rings. The van der Waals surface area contributed by atoms with Crippen LogP contribution in [0.1, 0.15) is 30.5 Å². The lowest BCUT2D eigenvalue weighted by Crippen LogP contribution is -2.28. The molecule has 6 heteroatoms. The Kier molecular flexibility index (Phi) is 3.96. The van der Waals surface area contributed by atoms with Gasteiger partial charge in [0.15, 0.2) is 11.5 Å². The molecule has 4 nitrogen and oxygen atoms in total. The Labute approximate surface area is 130 Å². The SMILES string of the molecule is CC(C)NC(c1cc(Br)c2c(c1)OCO2)c1nccs1. The van der Waals surface area contributed by atoms with Crippen molar-refractivity contribution in [2.75, 3.05) is 6.79 Å². The van der Waals surface area contributed by atoms with Crippen LogP contribution in [0.3, 0.4) is 0 Å². The molecule has 2 aromatic rings. The first-order chi connectivity index (χ1) is 9.65. The maximum atomic E-state index is 5.50. The zero-order valence-electron chi connectivity index (χ0n) is 11.2. The molecule has 3 rings (SSSR count). The highest BCUT2D eigenvalue weighted by molar-refractivity contribution is 9.10. The lowest BCUT2D eigenvalue weighted by Gasteiger charge is -2.20. The smallest absolute Gasteiger partial charge is 0.231 e. The number of ether oxygens (including phenoxy) is 2. The zero-order chi connectivity index (χ0) is 14.1. The largest absolute Gasteiger partial charge is 0.454 e. The molecule has 1 unspecified atom stereocenters. The third kappa shape index (κ3) is 2.68. The van der Waals surface area contributed by atoms with E-state index in [9.17, 15) is 0 Å². The Morgan fingerprint density at radius 3 is 2.90 bits per heavy atom. The van der Waals surface area contributed by atoms with Crippen LogP contribution in [0.25, 0.3) is 0 Å². The van der Waals surface area contributed by atoms with Gasteiger partial charge in [-0.25, -0.2) is 4.98 Å². The third-order valence-corrected chi connectivity index (χ3v) is 4.41. The summed E-state index contributed by atoms with van der Waals surface area (Å²) in [5.41, 5.74) is 1.12. The fourth-order valence-electron chi connectivity index (χ4n) is 2.17. The highest BCUT2D eigenvalue weighted by atomic mass is 79.9. The quantitative estimate of drug-likeness (QED) is 0.908. The van der Waals surface area contributed by atoms with Crippen LogP contribution in [-0.4, -0.2) is 17.8 Å². The summed E-state index contributed by atoms with van der Waals surface area (Å²) < 4.78 is 11.8. The van der Waals surface area contributed by atoms with Gasteiger partial charge < -0.3 is 14.8 Å². The van der Waals surface area contributed by atoms with Crippen molar-refractivity contribution in [1.82, 2.24) is 10.3 Å². The van der Waals surface area contributed by atoms with Gasteiger partial charge in [0, 0.05) is 17.6 Å². The summed E-state index contributed by atoms with van der Waals surface area (Å²) in [7, 11) is 0. The predicted molar refractivity (Wildman–Crippen MR) is 82.5 cm³/mol. The molecular formula is C14H15BrN2O2S. The van der Waals surface area contributed by atoms with Crippen LogP contribution in [0.5, 0.6) is 11.5 Å². The van der Waals surface area contributed by atoms with Crippen molar-refractivity contribution in [2.45, 2.75) is 25.9 Å². The van der Waals surface area contributed by atoms with Crippen LogP contribution in [0.15, 0.2) is 28.2 Å². The first kappa shape index (κ1) is 13.9. The molecule has 1 aliphatic rings. The maximum absolute atomic E-state index is 5.50. The van der Waals surface area contributed by atoms with Crippen molar-refractivity contribution in [1.29, 1.82) is 0 Å². The van der Waals surface area contributed by atoms with Gasteiger partial charge >= 0.3 is 0 Å². The summed E-state index contributed by atoms with van der Waals surface area (Å²) in [5.74, 6) is 1.55. The van der Waals surface area contributed by atoms with Crippen molar-refractivity contribution in [3.05, 3.63) is 38.8 Å². The lowest BCUT2D eigenvalue weighted by atomic mass is 10.1. The number of hydrogen-bond donors (Lipinski definition) is 1. The van der Waals surface area contributed by atoms with E-state index in [0.29, 0.717) is 6.04 Å².